The third-order valence-electron chi connectivity index (χ3n) is 2.76. The van der Waals surface area contributed by atoms with Crippen molar-refractivity contribution in [3.63, 3.8) is 0 Å². The van der Waals surface area contributed by atoms with Crippen molar-refractivity contribution in [1.82, 2.24) is 9.97 Å². The molecule has 1 atom stereocenters. The standard InChI is InChI=1S/C13H14N4OS/c1-7-6-15-12(19-7)8(2)16-13-17-10-4-3-9(14)5-11(10)18-13/h3-6,8H,14H2,1-2H3,(H,16,17). The molecule has 3 rings (SSSR count). The van der Waals surface area contributed by atoms with Gasteiger partial charge in [0.1, 0.15) is 10.5 Å². The highest BCUT2D eigenvalue weighted by atomic mass is 32.1. The van der Waals surface area contributed by atoms with Crippen LogP contribution in [0.5, 0.6) is 0 Å². The number of benzene rings is 1. The predicted molar refractivity (Wildman–Crippen MR) is 77.3 cm³/mol. The van der Waals surface area contributed by atoms with Gasteiger partial charge in [-0.15, -0.1) is 11.3 Å². The number of nitrogen functional groups attached to an aromatic ring is 1. The Balaban J connectivity index is 1.85. The number of oxazole rings is 1. The van der Waals surface area contributed by atoms with Crippen LogP contribution in [0.1, 0.15) is 22.9 Å². The Kier molecular flexibility index (Phi) is 2.87. The normalized spacial score (nSPS) is 12.7. The maximum Gasteiger partial charge on any atom is 0.296 e. The van der Waals surface area contributed by atoms with Crippen LogP contribution >= 0.6 is 11.3 Å². The van der Waals surface area contributed by atoms with Crippen LogP contribution in [0, 0.1) is 6.92 Å². The zero-order valence-electron chi connectivity index (χ0n) is 10.7. The molecule has 0 aliphatic carbocycles. The fourth-order valence-electron chi connectivity index (χ4n) is 1.82. The summed E-state index contributed by atoms with van der Waals surface area (Å²) >= 11 is 1.66. The molecule has 0 saturated heterocycles. The fourth-order valence-corrected chi connectivity index (χ4v) is 2.60. The van der Waals surface area contributed by atoms with Crippen molar-refractivity contribution < 1.29 is 4.42 Å². The summed E-state index contributed by atoms with van der Waals surface area (Å²) in [4.78, 5) is 9.90. The molecule has 98 valence electrons. The van der Waals surface area contributed by atoms with Crippen LogP contribution in [0.2, 0.25) is 0 Å². The van der Waals surface area contributed by atoms with Gasteiger partial charge < -0.3 is 15.5 Å². The summed E-state index contributed by atoms with van der Waals surface area (Å²) in [6.45, 7) is 4.07. The molecule has 3 N–H and O–H groups in total. The average molecular weight is 274 g/mol. The van der Waals surface area contributed by atoms with Crippen molar-refractivity contribution in [3.05, 3.63) is 34.3 Å². The van der Waals surface area contributed by atoms with Gasteiger partial charge in [0.25, 0.3) is 6.01 Å². The molecule has 0 aliphatic rings. The van der Waals surface area contributed by atoms with E-state index in [1.54, 1.807) is 17.4 Å². The Morgan fingerprint density at radius 2 is 2.26 bits per heavy atom. The lowest BCUT2D eigenvalue weighted by atomic mass is 10.3. The molecule has 0 spiro atoms. The van der Waals surface area contributed by atoms with E-state index in [9.17, 15) is 0 Å². The fraction of sp³-hybridized carbons (Fsp3) is 0.231. The monoisotopic (exact) mass is 274 g/mol. The molecule has 2 aromatic heterocycles. The van der Waals surface area contributed by atoms with Crippen molar-refractivity contribution in [2.45, 2.75) is 19.9 Å². The molecule has 0 aliphatic heterocycles. The molecule has 0 amide bonds. The molecule has 3 aromatic rings. The molecule has 1 aromatic carbocycles. The molecular weight excluding hydrogens is 260 g/mol. The largest absolute Gasteiger partial charge is 0.423 e. The van der Waals surface area contributed by atoms with E-state index >= 15 is 0 Å². The molecular formula is C13H14N4OS. The van der Waals surface area contributed by atoms with Crippen LogP contribution in [0.25, 0.3) is 11.1 Å². The Hall–Kier alpha value is -2.08. The minimum absolute atomic E-state index is 0.0594. The number of nitrogens with two attached hydrogens (primary N) is 1. The number of aromatic nitrogens is 2. The summed E-state index contributed by atoms with van der Waals surface area (Å²) in [6.07, 6.45) is 1.87. The van der Waals surface area contributed by atoms with Crippen molar-refractivity contribution in [2.24, 2.45) is 0 Å². The van der Waals surface area contributed by atoms with Crippen LogP contribution in [-0.4, -0.2) is 9.97 Å². The summed E-state index contributed by atoms with van der Waals surface area (Å²) in [6, 6.07) is 5.97. The van der Waals surface area contributed by atoms with E-state index in [4.69, 9.17) is 10.2 Å². The van der Waals surface area contributed by atoms with Gasteiger partial charge in [-0.05, 0) is 26.0 Å². The number of nitrogens with one attached hydrogen (secondary N) is 1. The topological polar surface area (TPSA) is 77.0 Å². The Morgan fingerprint density at radius 1 is 1.42 bits per heavy atom. The van der Waals surface area contributed by atoms with Crippen molar-refractivity contribution >= 4 is 34.1 Å². The number of rotatable bonds is 3. The van der Waals surface area contributed by atoms with E-state index in [1.807, 2.05) is 32.2 Å². The van der Waals surface area contributed by atoms with Crippen LogP contribution < -0.4 is 11.1 Å². The molecule has 0 fully saturated rings. The summed E-state index contributed by atoms with van der Waals surface area (Å²) in [5.74, 6) is 0. The first-order valence-corrected chi connectivity index (χ1v) is 6.78. The van der Waals surface area contributed by atoms with E-state index in [0.29, 0.717) is 17.3 Å². The molecule has 0 saturated carbocycles. The first kappa shape index (κ1) is 12.0. The van der Waals surface area contributed by atoms with Crippen LogP contribution in [0.15, 0.2) is 28.8 Å². The number of nitrogens with zero attached hydrogens (tertiary/aromatic N) is 2. The molecule has 6 heteroatoms. The van der Waals surface area contributed by atoms with Crippen molar-refractivity contribution in [1.29, 1.82) is 0 Å². The second-order valence-electron chi connectivity index (χ2n) is 4.42. The first-order chi connectivity index (χ1) is 9.11. The smallest absolute Gasteiger partial charge is 0.296 e. The molecule has 1 unspecified atom stereocenters. The van der Waals surface area contributed by atoms with Gasteiger partial charge in [0.15, 0.2) is 5.58 Å². The highest BCUT2D eigenvalue weighted by Crippen LogP contribution is 2.26. The molecule has 0 radical (unpaired) electrons. The number of fused-ring (bicyclic) bond motifs is 1. The minimum Gasteiger partial charge on any atom is -0.423 e. The maximum atomic E-state index is 5.71. The highest BCUT2D eigenvalue weighted by Gasteiger charge is 2.13. The number of thiazole rings is 1. The molecule has 19 heavy (non-hydrogen) atoms. The van der Waals surface area contributed by atoms with Crippen molar-refractivity contribution in [3.8, 4) is 0 Å². The van der Waals surface area contributed by atoms with Gasteiger partial charge in [-0.2, -0.15) is 4.98 Å². The van der Waals surface area contributed by atoms with E-state index < -0.39 is 0 Å². The average Bonchev–Trinajstić information content (AvgIpc) is 2.94. The number of anilines is 2. The molecule has 5 nitrogen and oxygen atoms in total. The van der Waals surface area contributed by atoms with Gasteiger partial charge in [-0.3, -0.25) is 0 Å². The van der Waals surface area contributed by atoms with Gasteiger partial charge in [0.2, 0.25) is 0 Å². The molecule has 0 bridgehead atoms. The third-order valence-corrected chi connectivity index (χ3v) is 3.86. The predicted octanol–water partition coefficient (Wildman–Crippen LogP) is 3.35. The van der Waals surface area contributed by atoms with E-state index in [1.165, 1.54) is 4.88 Å². The van der Waals surface area contributed by atoms with Gasteiger partial charge in [0, 0.05) is 22.8 Å². The maximum absolute atomic E-state index is 5.71. The minimum atomic E-state index is 0.0594. The summed E-state index contributed by atoms with van der Waals surface area (Å²) in [5.41, 5.74) is 7.85. The van der Waals surface area contributed by atoms with Gasteiger partial charge in [0.05, 0.1) is 6.04 Å². The summed E-state index contributed by atoms with van der Waals surface area (Å²) in [7, 11) is 0. The van der Waals surface area contributed by atoms with Gasteiger partial charge in [-0.25, -0.2) is 4.98 Å². The van der Waals surface area contributed by atoms with E-state index in [2.05, 4.69) is 15.3 Å². The lowest BCUT2D eigenvalue weighted by molar-refractivity contribution is 0.603. The SMILES string of the molecule is Cc1cnc(C(C)Nc2nc3ccc(N)cc3o2)s1. The number of aryl methyl sites for hydroxylation is 1. The second-order valence-corrected chi connectivity index (χ2v) is 5.69. The second kappa shape index (κ2) is 4.55. The summed E-state index contributed by atoms with van der Waals surface area (Å²) < 4.78 is 5.62. The van der Waals surface area contributed by atoms with Crippen LogP contribution in [0.3, 0.4) is 0 Å². The number of hydrogen-bond acceptors (Lipinski definition) is 6. The zero-order chi connectivity index (χ0) is 13.4. The van der Waals surface area contributed by atoms with E-state index in [-0.39, 0.29) is 6.04 Å². The Labute approximate surface area is 114 Å². The quantitative estimate of drug-likeness (QED) is 0.716. The third kappa shape index (κ3) is 2.39. The van der Waals surface area contributed by atoms with Crippen molar-refractivity contribution in [2.75, 3.05) is 11.1 Å². The highest BCUT2D eigenvalue weighted by molar-refractivity contribution is 7.11. The zero-order valence-corrected chi connectivity index (χ0v) is 11.5. The van der Waals surface area contributed by atoms with Gasteiger partial charge in [-0.1, -0.05) is 0 Å². The van der Waals surface area contributed by atoms with Gasteiger partial charge >= 0.3 is 0 Å². The summed E-state index contributed by atoms with van der Waals surface area (Å²) in [5, 5.41) is 4.22. The number of hydrogen-bond donors (Lipinski definition) is 2. The lowest BCUT2D eigenvalue weighted by Gasteiger charge is -2.07. The Morgan fingerprint density at radius 3 is 3.00 bits per heavy atom. The van der Waals surface area contributed by atoms with Crippen LogP contribution in [-0.2, 0) is 0 Å². The lowest BCUT2D eigenvalue weighted by Crippen LogP contribution is -2.06. The Bertz CT molecular complexity index is 718. The van der Waals surface area contributed by atoms with E-state index in [0.717, 1.165) is 10.5 Å². The van der Waals surface area contributed by atoms with Crippen LogP contribution in [0.4, 0.5) is 11.7 Å². The molecule has 2 heterocycles. The first-order valence-electron chi connectivity index (χ1n) is 5.97.